The first-order valence-electron chi connectivity index (χ1n) is 5.11. The van der Waals surface area contributed by atoms with Crippen LogP contribution in [0.2, 0.25) is 0 Å². The van der Waals surface area contributed by atoms with Crippen LogP contribution in [0.5, 0.6) is 0 Å². The number of carbonyl (C=O) groups is 1. The molecule has 0 amide bonds. The second-order valence-corrected chi connectivity index (χ2v) is 3.57. The third-order valence-corrected chi connectivity index (χ3v) is 2.29. The van der Waals surface area contributed by atoms with Crippen molar-refractivity contribution in [3.63, 3.8) is 0 Å². The van der Waals surface area contributed by atoms with E-state index in [1.54, 1.807) is 0 Å². The number of carboxylic acids is 1. The summed E-state index contributed by atoms with van der Waals surface area (Å²) >= 11 is 0. The van der Waals surface area contributed by atoms with Gasteiger partial charge in [0.05, 0.1) is 4.92 Å². The molecule has 0 aliphatic heterocycles. The number of nitrogens with zero attached hydrogens (tertiary/aromatic N) is 1. The monoisotopic (exact) mass is 272 g/mol. The van der Waals surface area contributed by atoms with E-state index >= 15 is 0 Å². The highest BCUT2D eigenvalue weighted by Crippen LogP contribution is 2.30. The molecule has 19 heavy (non-hydrogen) atoms. The van der Waals surface area contributed by atoms with E-state index in [9.17, 15) is 23.7 Å². The molecule has 0 aliphatic rings. The number of benzene rings is 1. The summed E-state index contributed by atoms with van der Waals surface area (Å²) in [5.74, 6) is -4.17. The number of rotatable bonds is 6. The van der Waals surface area contributed by atoms with Gasteiger partial charge < -0.3 is 10.4 Å². The summed E-state index contributed by atoms with van der Waals surface area (Å²) in [6.07, 6.45) is 1.14. The fourth-order valence-electron chi connectivity index (χ4n) is 1.39. The van der Waals surface area contributed by atoms with Gasteiger partial charge in [0.2, 0.25) is 0 Å². The van der Waals surface area contributed by atoms with Crippen LogP contribution in [0.1, 0.15) is 6.42 Å². The third-order valence-electron chi connectivity index (χ3n) is 2.29. The molecule has 0 aromatic heterocycles. The van der Waals surface area contributed by atoms with Crippen LogP contribution in [0.25, 0.3) is 0 Å². The normalized spacial score (nSPS) is 11.7. The van der Waals surface area contributed by atoms with Crippen molar-refractivity contribution in [1.82, 2.24) is 0 Å². The van der Waals surface area contributed by atoms with Crippen molar-refractivity contribution >= 4 is 17.3 Å². The lowest BCUT2D eigenvalue weighted by Gasteiger charge is -2.14. The van der Waals surface area contributed by atoms with E-state index in [0.29, 0.717) is 6.07 Å². The van der Waals surface area contributed by atoms with Crippen LogP contribution in [0.4, 0.5) is 20.2 Å². The van der Waals surface area contributed by atoms with E-state index in [4.69, 9.17) is 5.11 Å². The zero-order valence-electron chi connectivity index (χ0n) is 9.60. The van der Waals surface area contributed by atoms with Crippen LogP contribution in [-0.4, -0.2) is 22.0 Å². The van der Waals surface area contributed by atoms with E-state index in [2.05, 4.69) is 11.9 Å². The van der Waals surface area contributed by atoms with E-state index in [0.717, 1.165) is 6.07 Å². The molecule has 0 bridgehead atoms. The topological polar surface area (TPSA) is 92.5 Å². The molecule has 8 heteroatoms. The number of nitrogens with one attached hydrogen (secondary N) is 1. The Kier molecular flexibility index (Phi) is 4.51. The van der Waals surface area contributed by atoms with Crippen LogP contribution in [0.3, 0.4) is 0 Å². The number of hydrogen-bond donors (Lipinski definition) is 2. The van der Waals surface area contributed by atoms with Crippen LogP contribution >= 0.6 is 0 Å². The first-order valence-corrected chi connectivity index (χ1v) is 5.11. The number of hydrogen-bond acceptors (Lipinski definition) is 4. The van der Waals surface area contributed by atoms with E-state index in [1.165, 1.54) is 6.08 Å². The molecule has 6 nitrogen and oxygen atoms in total. The van der Waals surface area contributed by atoms with Gasteiger partial charge in [-0.3, -0.25) is 10.1 Å². The van der Waals surface area contributed by atoms with Crippen LogP contribution in [-0.2, 0) is 4.79 Å². The molecule has 2 N–H and O–H groups in total. The lowest BCUT2D eigenvalue weighted by molar-refractivity contribution is -0.384. The first-order chi connectivity index (χ1) is 8.88. The largest absolute Gasteiger partial charge is 0.480 e. The second kappa shape index (κ2) is 5.89. The molecule has 0 fully saturated rings. The maximum atomic E-state index is 13.5. The predicted octanol–water partition coefficient (Wildman–Crippen LogP) is 2.31. The molecule has 0 saturated carbocycles. The Balaban J connectivity index is 3.23. The minimum absolute atomic E-state index is 0.109. The highest BCUT2D eigenvalue weighted by molar-refractivity contribution is 5.79. The fraction of sp³-hybridized carbons (Fsp3) is 0.182. The number of nitro groups is 1. The minimum Gasteiger partial charge on any atom is -0.480 e. The molecule has 1 aromatic carbocycles. The molecule has 1 atom stereocenters. The number of anilines is 1. The predicted molar refractivity (Wildman–Crippen MR) is 62.9 cm³/mol. The second-order valence-electron chi connectivity index (χ2n) is 3.57. The van der Waals surface area contributed by atoms with E-state index in [1.807, 2.05) is 0 Å². The SMILES string of the molecule is C=CCC(Nc1c([N+](=O)[O-])ccc(F)c1F)C(=O)O. The molecule has 0 saturated heterocycles. The average molecular weight is 272 g/mol. The number of aliphatic carboxylic acids is 1. The van der Waals surface area contributed by atoms with Crippen molar-refractivity contribution in [2.45, 2.75) is 12.5 Å². The van der Waals surface area contributed by atoms with Crippen LogP contribution < -0.4 is 5.32 Å². The van der Waals surface area contributed by atoms with E-state index in [-0.39, 0.29) is 6.42 Å². The van der Waals surface area contributed by atoms with Crippen LogP contribution in [0, 0.1) is 21.7 Å². The Hall–Kier alpha value is -2.51. The molecule has 0 spiro atoms. The molecule has 0 heterocycles. The Morgan fingerprint density at radius 3 is 2.68 bits per heavy atom. The molecular formula is C11H10F2N2O4. The summed E-state index contributed by atoms with van der Waals surface area (Å²) in [4.78, 5) is 20.6. The van der Waals surface area contributed by atoms with Crippen molar-refractivity contribution in [1.29, 1.82) is 0 Å². The van der Waals surface area contributed by atoms with Gasteiger partial charge in [-0.2, -0.15) is 0 Å². The summed E-state index contributed by atoms with van der Waals surface area (Å²) in [7, 11) is 0. The Morgan fingerprint density at radius 1 is 1.58 bits per heavy atom. The van der Waals surface area contributed by atoms with Gasteiger partial charge in [-0.25, -0.2) is 13.6 Å². The summed E-state index contributed by atoms with van der Waals surface area (Å²) in [6, 6.07) is 0.0164. The van der Waals surface area contributed by atoms with Crippen molar-refractivity contribution in [3.05, 3.63) is 46.5 Å². The smallest absolute Gasteiger partial charge is 0.326 e. The van der Waals surface area contributed by atoms with Crippen molar-refractivity contribution in [2.24, 2.45) is 0 Å². The minimum atomic E-state index is -1.50. The van der Waals surface area contributed by atoms with Crippen molar-refractivity contribution in [3.8, 4) is 0 Å². The standard InChI is InChI=1S/C11H10F2N2O4/c1-2-3-7(11(16)17)14-10-8(15(18)19)5-4-6(12)9(10)13/h2,4-5,7,14H,1,3H2,(H,16,17). The Bertz CT molecular complexity index is 534. The Morgan fingerprint density at radius 2 is 2.21 bits per heavy atom. The number of carboxylic acid groups (broad SMARTS) is 1. The maximum absolute atomic E-state index is 13.5. The molecular weight excluding hydrogens is 262 g/mol. The maximum Gasteiger partial charge on any atom is 0.326 e. The zero-order valence-corrected chi connectivity index (χ0v) is 9.60. The average Bonchev–Trinajstić information content (AvgIpc) is 2.33. The molecule has 102 valence electrons. The summed E-state index contributed by atoms with van der Waals surface area (Å²) in [5, 5.41) is 21.7. The van der Waals surface area contributed by atoms with Gasteiger partial charge in [0, 0.05) is 6.07 Å². The summed E-state index contributed by atoms with van der Waals surface area (Å²) < 4.78 is 26.6. The van der Waals surface area contributed by atoms with Gasteiger partial charge in [-0.15, -0.1) is 6.58 Å². The van der Waals surface area contributed by atoms with Gasteiger partial charge in [0.15, 0.2) is 17.3 Å². The van der Waals surface area contributed by atoms with Gasteiger partial charge in [-0.05, 0) is 12.5 Å². The van der Waals surface area contributed by atoms with Gasteiger partial charge in [0.1, 0.15) is 6.04 Å². The van der Waals surface area contributed by atoms with Gasteiger partial charge in [0.25, 0.3) is 5.69 Å². The molecule has 1 rings (SSSR count). The lowest BCUT2D eigenvalue weighted by Crippen LogP contribution is -2.29. The molecule has 0 radical (unpaired) electrons. The zero-order chi connectivity index (χ0) is 14.6. The quantitative estimate of drug-likeness (QED) is 0.471. The molecule has 1 aromatic rings. The molecule has 1 unspecified atom stereocenters. The van der Waals surface area contributed by atoms with Crippen LogP contribution in [0.15, 0.2) is 24.8 Å². The third kappa shape index (κ3) is 3.24. The Labute approximate surface area is 106 Å². The van der Waals surface area contributed by atoms with Gasteiger partial charge in [-0.1, -0.05) is 6.08 Å². The number of halogens is 2. The highest BCUT2D eigenvalue weighted by Gasteiger charge is 2.26. The summed E-state index contributed by atoms with van der Waals surface area (Å²) in [6.45, 7) is 3.32. The van der Waals surface area contributed by atoms with Crippen molar-refractivity contribution in [2.75, 3.05) is 5.32 Å². The fourth-order valence-corrected chi connectivity index (χ4v) is 1.39. The summed E-state index contributed by atoms with van der Waals surface area (Å²) in [5.41, 5.74) is -1.53. The first kappa shape index (κ1) is 14.6. The van der Waals surface area contributed by atoms with Gasteiger partial charge >= 0.3 is 5.97 Å². The van der Waals surface area contributed by atoms with E-state index < -0.39 is 39.9 Å². The molecule has 0 aliphatic carbocycles. The highest BCUT2D eigenvalue weighted by atomic mass is 19.2. The van der Waals surface area contributed by atoms with Crippen molar-refractivity contribution < 1.29 is 23.6 Å². The number of nitro benzene ring substituents is 1. The lowest BCUT2D eigenvalue weighted by atomic mass is 10.1.